The van der Waals surface area contributed by atoms with Gasteiger partial charge in [-0.3, -0.25) is 4.90 Å². The van der Waals surface area contributed by atoms with Crippen molar-refractivity contribution in [2.75, 3.05) is 33.9 Å². The second-order valence-electron chi connectivity index (χ2n) is 9.69. The lowest BCUT2D eigenvalue weighted by molar-refractivity contribution is -0.0560. The Balaban J connectivity index is 3.55. The molecule has 0 rings (SSSR count). The molecule has 0 saturated carbocycles. The quantitative estimate of drug-likeness (QED) is 0.0703. The van der Waals surface area contributed by atoms with Crippen LogP contribution in [-0.4, -0.2) is 45.0 Å². The molecule has 0 aliphatic rings. The molecule has 0 aromatic rings. The summed E-state index contributed by atoms with van der Waals surface area (Å²) in [6, 6.07) is 0. The number of allylic oxidation sites excluding steroid dienone is 6. The predicted molar refractivity (Wildman–Crippen MR) is 152 cm³/mol. The summed E-state index contributed by atoms with van der Waals surface area (Å²) in [6.45, 7) is 7.06. The van der Waals surface area contributed by atoms with E-state index < -0.39 is 0 Å². The molecule has 0 fully saturated rings. The fourth-order valence-corrected chi connectivity index (χ4v) is 3.81. The third kappa shape index (κ3) is 25.7. The molecule has 0 heterocycles. The Kier molecular flexibility index (Phi) is 27.6. The van der Waals surface area contributed by atoms with E-state index in [9.17, 15) is 0 Å². The van der Waals surface area contributed by atoms with E-state index in [0.717, 1.165) is 45.5 Å². The van der Waals surface area contributed by atoms with Gasteiger partial charge in [0.2, 0.25) is 0 Å². The molecule has 0 spiro atoms. The van der Waals surface area contributed by atoms with Crippen LogP contribution >= 0.6 is 0 Å². The summed E-state index contributed by atoms with van der Waals surface area (Å²) in [4.78, 5) is 2.17. The normalized spacial score (nSPS) is 13.3. The van der Waals surface area contributed by atoms with Gasteiger partial charge >= 0.3 is 0 Å². The molecule has 0 radical (unpaired) electrons. The van der Waals surface area contributed by atoms with Gasteiger partial charge in [0.15, 0.2) is 0 Å². The minimum atomic E-state index is 0.169. The van der Waals surface area contributed by atoms with Gasteiger partial charge < -0.3 is 9.47 Å². The fourth-order valence-electron chi connectivity index (χ4n) is 3.81. The van der Waals surface area contributed by atoms with Gasteiger partial charge in [0.25, 0.3) is 0 Å². The predicted octanol–water partition coefficient (Wildman–Crippen LogP) is 9.25. The SMILES string of the molecule is CCCCC/C=C\C/C=C\C/C=C\CCCCCOC(CCOCCCCCCCC)N(C)C. The number of ether oxygens (including phenoxy) is 2. The van der Waals surface area contributed by atoms with Crippen molar-refractivity contribution < 1.29 is 9.47 Å². The summed E-state index contributed by atoms with van der Waals surface area (Å²) >= 11 is 0. The number of rotatable bonds is 26. The highest BCUT2D eigenvalue weighted by atomic mass is 16.5. The van der Waals surface area contributed by atoms with Gasteiger partial charge in [-0.25, -0.2) is 0 Å². The van der Waals surface area contributed by atoms with Crippen molar-refractivity contribution in [2.45, 2.75) is 129 Å². The first-order valence-electron chi connectivity index (χ1n) is 14.5. The van der Waals surface area contributed by atoms with Gasteiger partial charge in [-0.1, -0.05) is 102 Å². The first kappa shape index (κ1) is 33.1. The first-order valence-corrected chi connectivity index (χ1v) is 14.5. The molecule has 0 amide bonds. The van der Waals surface area contributed by atoms with E-state index in [0.29, 0.717) is 0 Å². The second-order valence-corrected chi connectivity index (χ2v) is 9.69. The molecular formula is C31H59NO2. The van der Waals surface area contributed by atoms with Crippen LogP contribution in [0.1, 0.15) is 123 Å². The molecule has 0 aliphatic carbocycles. The molecule has 0 aromatic heterocycles. The van der Waals surface area contributed by atoms with Gasteiger partial charge in [0.1, 0.15) is 6.23 Å². The van der Waals surface area contributed by atoms with Gasteiger partial charge in [0, 0.05) is 19.6 Å². The lowest BCUT2D eigenvalue weighted by Crippen LogP contribution is -2.32. The fraction of sp³-hybridized carbons (Fsp3) is 0.806. The van der Waals surface area contributed by atoms with E-state index in [2.05, 4.69) is 69.3 Å². The van der Waals surface area contributed by atoms with E-state index >= 15 is 0 Å². The summed E-state index contributed by atoms with van der Waals surface area (Å²) in [6.07, 6.45) is 35.0. The Morgan fingerprint density at radius 1 is 0.559 bits per heavy atom. The van der Waals surface area contributed by atoms with Crippen molar-refractivity contribution in [3.63, 3.8) is 0 Å². The number of nitrogens with zero attached hydrogens (tertiary/aromatic N) is 1. The lowest BCUT2D eigenvalue weighted by atomic mass is 10.1. The second kappa shape index (κ2) is 28.3. The van der Waals surface area contributed by atoms with Crippen molar-refractivity contribution in [1.82, 2.24) is 4.90 Å². The highest BCUT2D eigenvalue weighted by molar-refractivity contribution is 4.97. The number of unbranched alkanes of at least 4 members (excludes halogenated alkanes) is 11. The standard InChI is InChI=1S/C31H59NO2/c1-5-7-9-11-13-14-15-16-17-18-19-20-21-22-24-26-29-34-31(32(3)4)27-30-33-28-25-23-12-10-8-6-2/h13-14,16-17,19-20,31H,5-12,15,18,21-30H2,1-4H3/b14-13-,17-16-,20-19-. The minimum absolute atomic E-state index is 0.169. The zero-order valence-corrected chi connectivity index (χ0v) is 23.4. The van der Waals surface area contributed by atoms with Crippen molar-refractivity contribution in [3.05, 3.63) is 36.5 Å². The van der Waals surface area contributed by atoms with E-state index in [-0.39, 0.29) is 6.23 Å². The van der Waals surface area contributed by atoms with Crippen LogP contribution in [0.5, 0.6) is 0 Å². The average molecular weight is 478 g/mol. The van der Waals surface area contributed by atoms with Crippen LogP contribution in [0.2, 0.25) is 0 Å². The maximum absolute atomic E-state index is 6.11. The van der Waals surface area contributed by atoms with Crippen LogP contribution in [0.3, 0.4) is 0 Å². The average Bonchev–Trinajstić information content (AvgIpc) is 2.83. The molecule has 0 saturated heterocycles. The molecule has 0 aliphatic heterocycles. The summed E-state index contributed by atoms with van der Waals surface area (Å²) in [5.41, 5.74) is 0. The summed E-state index contributed by atoms with van der Waals surface area (Å²) in [5.74, 6) is 0. The van der Waals surface area contributed by atoms with Gasteiger partial charge in [-0.2, -0.15) is 0 Å². The molecule has 1 unspecified atom stereocenters. The monoisotopic (exact) mass is 477 g/mol. The Morgan fingerprint density at radius 2 is 1.06 bits per heavy atom. The Bertz CT molecular complexity index is 470. The molecule has 0 N–H and O–H groups in total. The van der Waals surface area contributed by atoms with E-state index in [1.807, 2.05) is 0 Å². The van der Waals surface area contributed by atoms with E-state index in [1.165, 1.54) is 83.5 Å². The Labute approximate surface area is 214 Å². The van der Waals surface area contributed by atoms with E-state index in [1.54, 1.807) is 0 Å². The zero-order chi connectivity index (χ0) is 25.0. The van der Waals surface area contributed by atoms with Crippen LogP contribution in [0.4, 0.5) is 0 Å². The summed E-state index contributed by atoms with van der Waals surface area (Å²) < 4.78 is 11.9. The van der Waals surface area contributed by atoms with Crippen LogP contribution < -0.4 is 0 Å². The number of hydrogen-bond acceptors (Lipinski definition) is 3. The summed E-state index contributed by atoms with van der Waals surface area (Å²) in [5, 5.41) is 0. The highest BCUT2D eigenvalue weighted by Gasteiger charge is 2.11. The van der Waals surface area contributed by atoms with Gasteiger partial charge in [-0.15, -0.1) is 0 Å². The highest BCUT2D eigenvalue weighted by Crippen LogP contribution is 2.08. The topological polar surface area (TPSA) is 21.7 Å². The maximum atomic E-state index is 6.11. The zero-order valence-electron chi connectivity index (χ0n) is 23.4. The smallest absolute Gasteiger partial charge is 0.112 e. The van der Waals surface area contributed by atoms with Crippen LogP contribution in [-0.2, 0) is 9.47 Å². The minimum Gasteiger partial charge on any atom is -0.381 e. The van der Waals surface area contributed by atoms with Gasteiger partial charge in [0.05, 0.1) is 6.61 Å². The van der Waals surface area contributed by atoms with Crippen molar-refractivity contribution in [1.29, 1.82) is 0 Å². The van der Waals surface area contributed by atoms with Crippen LogP contribution in [0.15, 0.2) is 36.5 Å². The molecule has 0 aromatic carbocycles. The number of hydrogen-bond donors (Lipinski definition) is 0. The third-order valence-corrected chi connectivity index (χ3v) is 6.07. The van der Waals surface area contributed by atoms with Crippen LogP contribution in [0.25, 0.3) is 0 Å². The first-order chi connectivity index (χ1) is 16.7. The molecule has 0 bridgehead atoms. The molecule has 200 valence electrons. The Morgan fingerprint density at radius 3 is 1.71 bits per heavy atom. The van der Waals surface area contributed by atoms with Crippen LogP contribution in [0, 0.1) is 0 Å². The molecule has 3 heteroatoms. The van der Waals surface area contributed by atoms with Gasteiger partial charge in [-0.05, 0) is 65.5 Å². The summed E-state index contributed by atoms with van der Waals surface area (Å²) in [7, 11) is 4.20. The molecular weight excluding hydrogens is 418 g/mol. The third-order valence-electron chi connectivity index (χ3n) is 6.07. The molecule has 34 heavy (non-hydrogen) atoms. The molecule has 1 atom stereocenters. The van der Waals surface area contributed by atoms with Crippen molar-refractivity contribution in [2.24, 2.45) is 0 Å². The largest absolute Gasteiger partial charge is 0.381 e. The lowest BCUT2D eigenvalue weighted by Gasteiger charge is -2.24. The Hall–Kier alpha value is -0.900. The van der Waals surface area contributed by atoms with Crippen molar-refractivity contribution in [3.8, 4) is 0 Å². The van der Waals surface area contributed by atoms with E-state index in [4.69, 9.17) is 9.47 Å². The maximum Gasteiger partial charge on any atom is 0.112 e. The molecule has 3 nitrogen and oxygen atoms in total. The van der Waals surface area contributed by atoms with Crippen molar-refractivity contribution >= 4 is 0 Å².